The molecule has 2 atom stereocenters. The van der Waals surface area contributed by atoms with Gasteiger partial charge in [0.1, 0.15) is 6.10 Å². The van der Waals surface area contributed by atoms with Crippen molar-refractivity contribution in [3.63, 3.8) is 0 Å². The highest BCUT2D eigenvalue weighted by atomic mass is 16.6. The number of nitrogens with one attached hydrogen (secondary N) is 1. The topological polar surface area (TPSA) is 84.9 Å². The maximum absolute atomic E-state index is 12.1. The molecule has 0 aromatic heterocycles. The summed E-state index contributed by atoms with van der Waals surface area (Å²) in [7, 11) is 0. The van der Waals surface area contributed by atoms with Gasteiger partial charge in [0.15, 0.2) is 0 Å². The van der Waals surface area contributed by atoms with Crippen LogP contribution in [0.5, 0.6) is 0 Å². The molecule has 1 aliphatic heterocycles. The first kappa shape index (κ1) is 30.9. The molecule has 1 amide bonds. The van der Waals surface area contributed by atoms with Gasteiger partial charge in [0.25, 0.3) is 5.72 Å². The number of ether oxygens (including phenoxy) is 2. The van der Waals surface area contributed by atoms with E-state index in [2.05, 4.69) is 12.2 Å². The van der Waals surface area contributed by atoms with Crippen molar-refractivity contribution in [1.29, 1.82) is 0 Å². The number of carbonyl (C=O) groups excluding carboxylic acids is 2. The molecule has 0 spiro atoms. The Kier molecular flexibility index (Phi) is 18.3. The van der Waals surface area contributed by atoms with Crippen molar-refractivity contribution in [3.8, 4) is 0 Å². The van der Waals surface area contributed by atoms with Gasteiger partial charge in [-0.15, -0.1) is 0 Å². The lowest BCUT2D eigenvalue weighted by atomic mass is 10.0. The molecule has 1 saturated heterocycles. The zero-order chi connectivity index (χ0) is 24.9. The zero-order valence-electron chi connectivity index (χ0n) is 22.2. The van der Waals surface area contributed by atoms with Crippen LogP contribution in [0.25, 0.3) is 0 Å². The SMILES string of the molecule is CCCCCCCCCCCCCCCCCCCCOC1CC(=O)NC1(O)C(=O)OCCC. The van der Waals surface area contributed by atoms with Crippen LogP contribution in [-0.4, -0.2) is 42.0 Å². The second-order valence-corrected chi connectivity index (χ2v) is 10.0. The first-order valence-corrected chi connectivity index (χ1v) is 14.4. The molecule has 0 aliphatic carbocycles. The van der Waals surface area contributed by atoms with Gasteiger partial charge in [-0.3, -0.25) is 4.79 Å². The molecule has 1 rings (SSSR count). The Hall–Kier alpha value is -1.14. The van der Waals surface area contributed by atoms with Crippen LogP contribution in [0.1, 0.15) is 142 Å². The highest BCUT2D eigenvalue weighted by Crippen LogP contribution is 2.24. The standard InChI is InChI=1S/C28H53NO5/c1-3-5-6-7-8-9-10-11-12-13-14-15-16-17-18-19-20-21-23-33-25-24-26(30)29-28(25,32)27(31)34-22-4-2/h25,32H,3-24H2,1-2H3,(H,29,30). The van der Waals surface area contributed by atoms with E-state index >= 15 is 0 Å². The number of esters is 1. The van der Waals surface area contributed by atoms with E-state index in [0.717, 1.165) is 12.8 Å². The quantitative estimate of drug-likeness (QED) is 0.127. The van der Waals surface area contributed by atoms with Crippen molar-refractivity contribution >= 4 is 11.9 Å². The van der Waals surface area contributed by atoms with Crippen LogP contribution in [0.4, 0.5) is 0 Å². The number of unbranched alkanes of at least 4 members (excludes halogenated alkanes) is 17. The minimum absolute atomic E-state index is 0.0171. The number of hydrogen-bond acceptors (Lipinski definition) is 5. The van der Waals surface area contributed by atoms with Gasteiger partial charge in [-0.2, -0.15) is 0 Å². The molecule has 6 nitrogen and oxygen atoms in total. The molecule has 1 fully saturated rings. The Morgan fingerprint density at radius 2 is 1.21 bits per heavy atom. The largest absolute Gasteiger partial charge is 0.462 e. The van der Waals surface area contributed by atoms with E-state index in [4.69, 9.17) is 9.47 Å². The average Bonchev–Trinajstić information content (AvgIpc) is 3.13. The predicted octanol–water partition coefficient (Wildman–Crippen LogP) is 6.58. The van der Waals surface area contributed by atoms with Crippen molar-refractivity contribution in [3.05, 3.63) is 0 Å². The maximum Gasteiger partial charge on any atom is 0.362 e. The summed E-state index contributed by atoms with van der Waals surface area (Å²) in [6.45, 7) is 4.79. The van der Waals surface area contributed by atoms with Crippen LogP contribution in [-0.2, 0) is 19.1 Å². The summed E-state index contributed by atoms with van der Waals surface area (Å²) in [4.78, 5) is 23.8. The minimum atomic E-state index is -2.06. The summed E-state index contributed by atoms with van der Waals surface area (Å²) in [5.41, 5.74) is -2.06. The van der Waals surface area contributed by atoms with Gasteiger partial charge in [0.2, 0.25) is 5.91 Å². The number of carbonyl (C=O) groups is 2. The van der Waals surface area contributed by atoms with Gasteiger partial charge >= 0.3 is 5.97 Å². The molecule has 34 heavy (non-hydrogen) atoms. The summed E-state index contributed by atoms with van der Waals surface area (Å²) in [5, 5.41) is 12.9. The Morgan fingerprint density at radius 1 is 0.765 bits per heavy atom. The van der Waals surface area contributed by atoms with Crippen LogP contribution in [0.2, 0.25) is 0 Å². The number of rotatable bonds is 23. The Bertz CT molecular complexity index is 527. The third kappa shape index (κ3) is 13.7. The monoisotopic (exact) mass is 483 g/mol. The molecule has 0 aromatic carbocycles. The van der Waals surface area contributed by atoms with Crippen LogP contribution in [0, 0.1) is 0 Å². The summed E-state index contributed by atoms with van der Waals surface area (Å²) in [5.74, 6) is -1.22. The predicted molar refractivity (Wildman–Crippen MR) is 137 cm³/mol. The van der Waals surface area contributed by atoms with Crippen molar-refractivity contribution in [2.75, 3.05) is 13.2 Å². The third-order valence-corrected chi connectivity index (χ3v) is 6.73. The van der Waals surface area contributed by atoms with Gasteiger partial charge in [-0.05, 0) is 12.8 Å². The average molecular weight is 484 g/mol. The van der Waals surface area contributed by atoms with Crippen LogP contribution < -0.4 is 5.32 Å². The third-order valence-electron chi connectivity index (χ3n) is 6.73. The van der Waals surface area contributed by atoms with E-state index in [-0.39, 0.29) is 13.0 Å². The fraction of sp³-hybridized carbons (Fsp3) is 0.929. The van der Waals surface area contributed by atoms with Gasteiger partial charge in [-0.1, -0.05) is 123 Å². The molecule has 2 N–H and O–H groups in total. The van der Waals surface area contributed by atoms with Crippen molar-refractivity contribution < 1.29 is 24.2 Å². The molecular formula is C28H53NO5. The summed E-state index contributed by atoms with van der Waals surface area (Å²) >= 11 is 0. The van der Waals surface area contributed by atoms with Gasteiger partial charge < -0.3 is 19.9 Å². The Balaban J connectivity index is 1.90. The molecule has 0 aromatic rings. The van der Waals surface area contributed by atoms with E-state index in [1.807, 2.05) is 6.92 Å². The second kappa shape index (κ2) is 20.1. The molecule has 1 aliphatic rings. The highest BCUT2D eigenvalue weighted by Gasteiger charge is 2.53. The lowest BCUT2D eigenvalue weighted by molar-refractivity contribution is -0.183. The molecule has 200 valence electrons. The van der Waals surface area contributed by atoms with E-state index in [9.17, 15) is 14.7 Å². The van der Waals surface area contributed by atoms with Crippen molar-refractivity contribution in [1.82, 2.24) is 5.32 Å². The fourth-order valence-corrected chi connectivity index (χ4v) is 4.56. The molecule has 1 heterocycles. The van der Waals surface area contributed by atoms with Crippen molar-refractivity contribution in [2.24, 2.45) is 0 Å². The lowest BCUT2D eigenvalue weighted by Gasteiger charge is -2.26. The van der Waals surface area contributed by atoms with E-state index in [0.29, 0.717) is 13.0 Å². The maximum atomic E-state index is 12.1. The van der Waals surface area contributed by atoms with E-state index in [1.165, 1.54) is 103 Å². The minimum Gasteiger partial charge on any atom is -0.462 e. The van der Waals surface area contributed by atoms with Gasteiger partial charge in [0.05, 0.1) is 13.0 Å². The van der Waals surface area contributed by atoms with E-state index in [1.54, 1.807) is 0 Å². The highest BCUT2D eigenvalue weighted by molar-refractivity contribution is 5.91. The summed E-state index contributed by atoms with van der Waals surface area (Å²) in [6.07, 6.45) is 23.5. The summed E-state index contributed by atoms with van der Waals surface area (Å²) < 4.78 is 10.7. The normalized spacial score (nSPS) is 20.0. The van der Waals surface area contributed by atoms with Gasteiger partial charge in [-0.25, -0.2) is 4.79 Å². The molecule has 2 unspecified atom stereocenters. The first-order chi connectivity index (χ1) is 16.5. The van der Waals surface area contributed by atoms with Crippen LogP contribution in [0.3, 0.4) is 0 Å². The smallest absolute Gasteiger partial charge is 0.362 e. The summed E-state index contributed by atoms with van der Waals surface area (Å²) in [6, 6.07) is 0. The first-order valence-electron chi connectivity index (χ1n) is 14.4. The Labute approximate surface area is 208 Å². The van der Waals surface area contributed by atoms with Crippen molar-refractivity contribution in [2.45, 2.75) is 154 Å². The lowest BCUT2D eigenvalue weighted by Crippen LogP contribution is -2.57. The number of aliphatic hydroxyl groups is 1. The molecule has 0 saturated carbocycles. The van der Waals surface area contributed by atoms with Crippen LogP contribution in [0.15, 0.2) is 0 Å². The second-order valence-electron chi connectivity index (χ2n) is 10.0. The Morgan fingerprint density at radius 3 is 1.65 bits per heavy atom. The number of hydrogen-bond donors (Lipinski definition) is 2. The van der Waals surface area contributed by atoms with Crippen LogP contribution >= 0.6 is 0 Å². The van der Waals surface area contributed by atoms with E-state index < -0.39 is 23.7 Å². The molecular weight excluding hydrogens is 430 g/mol. The van der Waals surface area contributed by atoms with Gasteiger partial charge in [0, 0.05) is 6.61 Å². The number of amides is 1. The zero-order valence-corrected chi connectivity index (χ0v) is 22.2. The fourth-order valence-electron chi connectivity index (χ4n) is 4.56. The molecule has 0 bridgehead atoms. The molecule has 0 radical (unpaired) electrons. The molecule has 6 heteroatoms.